The second-order valence-corrected chi connectivity index (χ2v) is 4.12. The highest BCUT2D eigenvalue weighted by Crippen LogP contribution is 2.24. The molecular weight excluding hydrogens is 210 g/mol. The molecule has 0 aliphatic heterocycles. The first-order valence-electron chi connectivity index (χ1n) is 4.84. The van der Waals surface area contributed by atoms with Gasteiger partial charge in [0.05, 0.1) is 23.1 Å². The van der Waals surface area contributed by atoms with E-state index in [1.165, 1.54) is 5.56 Å². The molecule has 0 radical (unpaired) electrons. The van der Waals surface area contributed by atoms with E-state index < -0.39 is 0 Å². The first-order chi connectivity index (χ1) is 7.18. The largest absolute Gasteiger partial charge is 0.219 e. The molecule has 4 heteroatoms. The maximum absolute atomic E-state index is 6.18. The summed E-state index contributed by atoms with van der Waals surface area (Å²) in [6.07, 6.45) is 3.41. The van der Waals surface area contributed by atoms with Crippen LogP contribution in [-0.4, -0.2) is 15.0 Å². The Morgan fingerprint density at radius 1 is 1.33 bits per heavy atom. The topological polar surface area (TPSA) is 30.7 Å². The molecule has 15 heavy (non-hydrogen) atoms. The lowest BCUT2D eigenvalue weighted by molar-refractivity contribution is 0.800. The first kappa shape index (κ1) is 10.2. The van der Waals surface area contributed by atoms with Crippen LogP contribution in [-0.2, 0) is 0 Å². The number of aromatic nitrogens is 3. The highest BCUT2D eigenvalue weighted by molar-refractivity contribution is 6.32. The Morgan fingerprint density at radius 3 is 2.67 bits per heavy atom. The summed E-state index contributed by atoms with van der Waals surface area (Å²) in [6, 6.07) is 6.00. The molecule has 1 aromatic carbocycles. The van der Waals surface area contributed by atoms with Crippen molar-refractivity contribution in [3.05, 3.63) is 41.2 Å². The smallest absolute Gasteiger partial charge is 0.0849 e. The average Bonchev–Trinajstić information content (AvgIpc) is 2.70. The first-order valence-corrected chi connectivity index (χ1v) is 5.22. The Hall–Kier alpha value is -1.35. The van der Waals surface area contributed by atoms with Gasteiger partial charge in [0.25, 0.3) is 0 Å². The maximum atomic E-state index is 6.18. The van der Waals surface area contributed by atoms with Gasteiger partial charge in [0.1, 0.15) is 0 Å². The molecule has 0 aliphatic rings. The summed E-state index contributed by atoms with van der Waals surface area (Å²) in [7, 11) is 0. The molecule has 0 atom stereocenters. The molecule has 0 saturated carbocycles. The molecule has 2 rings (SSSR count). The normalized spacial score (nSPS) is 10.9. The van der Waals surface area contributed by atoms with Crippen molar-refractivity contribution in [3.8, 4) is 5.69 Å². The van der Waals surface area contributed by atoms with Crippen molar-refractivity contribution in [1.29, 1.82) is 0 Å². The summed E-state index contributed by atoms with van der Waals surface area (Å²) in [6.45, 7) is 4.28. The van der Waals surface area contributed by atoms with Crippen molar-refractivity contribution < 1.29 is 0 Å². The molecule has 0 spiro atoms. The summed E-state index contributed by atoms with van der Waals surface area (Å²) in [4.78, 5) is 0. The summed E-state index contributed by atoms with van der Waals surface area (Å²) in [5.41, 5.74) is 2.09. The van der Waals surface area contributed by atoms with Gasteiger partial charge in [0, 0.05) is 0 Å². The van der Waals surface area contributed by atoms with E-state index in [1.807, 2.05) is 12.1 Å². The molecule has 3 nitrogen and oxygen atoms in total. The minimum Gasteiger partial charge on any atom is -0.219 e. The number of benzene rings is 1. The number of hydrogen-bond donors (Lipinski definition) is 0. The Balaban J connectivity index is 2.44. The van der Waals surface area contributed by atoms with Gasteiger partial charge in [0.15, 0.2) is 0 Å². The van der Waals surface area contributed by atoms with Gasteiger partial charge in [-0.1, -0.05) is 36.7 Å². The second kappa shape index (κ2) is 4.03. The lowest BCUT2D eigenvalue weighted by atomic mass is 10.0. The molecule has 0 bridgehead atoms. The van der Waals surface area contributed by atoms with Crippen LogP contribution in [0.15, 0.2) is 30.6 Å². The molecule has 1 heterocycles. The summed E-state index contributed by atoms with van der Waals surface area (Å²) >= 11 is 6.18. The summed E-state index contributed by atoms with van der Waals surface area (Å²) in [5, 5.41) is 8.36. The van der Waals surface area contributed by atoms with E-state index in [4.69, 9.17) is 11.6 Å². The second-order valence-electron chi connectivity index (χ2n) is 3.71. The van der Waals surface area contributed by atoms with Gasteiger partial charge in [0.2, 0.25) is 0 Å². The Labute approximate surface area is 93.7 Å². The van der Waals surface area contributed by atoms with E-state index in [0.29, 0.717) is 10.9 Å². The fourth-order valence-electron chi connectivity index (χ4n) is 1.40. The summed E-state index contributed by atoms with van der Waals surface area (Å²) in [5.74, 6) is 0.479. The monoisotopic (exact) mass is 221 g/mol. The van der Waals surface area contributed by atoms with Crippen LogP contribution < -0.4 is 0 Å². The fourth-order valence-corrected chi connectivity index (χ4v) is 1.68. The van der Waals surface area contributed by atoms with Gasteiger partial charge in [-0.3, -0.25) is 0 Å². The number of hydrogen-bond acceptors (Lipinski definition) is 2. The van der Waals surface area contributed by atoms with Crippen LogP contribution in [0.4, 0.5) is 0 Å². The number of halogens is 1. The molecule has 78 valence electrons. The highest BCUT2D eigenvalue weighted by Gasteiger charge is 2.06. The van der Waals surface area contributed by atoms with Gasteiger partial charge in [-0.2, -0.15) is 0 Å². The standard InChI is InChI=1S/C11H12ClN3/c1-8(2)9-3-4-11(10(12)7-9)15-6-5-13-14-15/h3-8H,1-2H3. The van der Waals surface area contributed by atoms with Gasteiger partial charge in [-0.05, 0) is 23.6 Å². The van der Waals surface area contributed by atoms with Crippen molar-refractivity contribution in [2.45, 2.75) is 19.8 Å². The van der Waals surface area contributed by atoms with Crippen LogP contribution in [0.3, 0.4) is 0 Å². The maximum Gasteiger partial charge on any atom is 0.0849 e. The van der Waals surface area contributed by atoms with Gasteiger partial charge >= 0.3 is 0 Å². The molecule has 2 aromatic rings. The molecule has 0 unspecified atom stereocenters. The van der Waals surface area contributed by atoms with Gasteiger partial charge < -0.3 is 0 Å². The Morgan fingerprint density at radius 2 is 2.13 bits per heavy atom. The predicted molar refractivity (Wildman–Crippen MR) is 60.5 cm³/mol. The Bertz CT molecular complexity index is 449. The number of nitrogens with zero attached hydrogens (tertiary/aromatic N) is 3. The molecule has 1 aromatic heterocycles. The lowest BCUT2D eigenvalue weighted by Crippen LogP contribution is -1.97. The van der Waals surface area contributed by atoms with Crippen molar-refractivity contribution in [1.82, 2.24) is 15.0 Å². The molecule has 0 saturated heterocycles. The van der Waals surface area contributed by atoms with Crippen LogP contribution in [0, 0.1) is 0 Å². The van der Waals surface area contributed by atoms with Crippen molar-refractivity contribution >= 4 is 11.6 Å². The van der Waals surface area contributed by atoms with E-state index in [9.17, 15) is 0 Å². The number of rotatable bonds is 2. The van der Waals surface area contributed by atoms with Crippen molar-refractivity contribution in [3.63, 3.8) is 0 Å². The zero-order valence-corrected chi connectivity index (χ0v) is 9.44. The zero-order valence-electron chi connectivity index (χ0n) is 8.68. The quantitative estimate of drug-likeness (QED) is 0.781. The van der Waals surface area contributed by atoms with Crippen LogP contribution in [0.1, 0.15) is 25.3 Å². The van der Waals surface area contributed by atoms with Crippen LogP contribution in [0.25, 0.3) is 5.69 Å². The zero-order chi connectivity index (χ0) is 10.8. The molecule has 0 fully saturated rings. The minimum atomic E-state index is 0.479. The van der Waals surface area contributed by atoms with Crippen LogP contribution in [0.2, 0.25) is 5.02 Å². The van der Waals surface area contributed by atoms with Crippen LogP contribution in [0.5, 0.6) is 0 Å². The summed E-state index contributed by atoms with van der Waals surface area (Å²) < 4.78 is 1.66. The predicted octanol–water partition coefficient (Wildman–Crippen LogP) is 3.04. The van der Waals surface area contributed by atoms with E-state index in [1.54, 1.807) is 17.1 Å². The highest BCUT2D eigenvalue weighted by atomic mass is 35.5. The third-order valence-electron chi connectivity index (χ3n) is 2.31. The van der Waals surface area contributed by atoms with Gasteiger partial charge in [-0.25, -0.2) is 4.68 Å². The van der Waals surface area contributed by atoms with Gasteiger partial charge in [-0.15, -0.1) is 5.10 Å². The third-order valence-corrected chi connectivity index (χ3v) is 2.61. The fraction of sp³-hybridized carbons (Fsp3) is 0.273. The van der Waals surface area contributed by atoms with E-state index in [-0.39, 0.29) is 0 Å². The SMILES string of the molecule is CC(C)c1ccc(-n2ccnn2)c(Cl)c1. The average molecular weight is 222 g/mol. The minimum absolute atomic E-state index is 0.479. The van der Waals surface area contributed by atoms with Crippen molar-refractivity contribution in [2.24, 2.45) is 0 Å². The van der Waals surface area contributed by atoms with Crippen LogP contribution >= 0.6 is 11.6 Å². The third kappa shape index (κ3) is 2.02. The Kier molecular flexibility index (Phi) is 2.73. The molecule has 0 N–H and O–H groups in total. The lowest BCUT2D eigenvalue weighted by Gasteiger charge is -2.08. The van der Waals surface area contributed by atoms with Crippen molar-refractivity contribution in [2.75, 3.05) is 0 Å². The molecule has 0 amide bonds. The van der Waals surface area contributed by atoms with E-state index in [2.05, 4.69) is 30.2 Å². The molecule has 0 aliphatic carbocycles. The van der Waals surface area contributed by atoms with E-state index in [0.717, 1.165) is 5.69 Å². The van der Waals surface area contributed by atoms with E-state index >= 15 is 0 Å². The molecular formula is C11H12ClN3.